The normalized spacial score (nSPS) is 13.1. The van der Waals surface area contributed by atoms with Crippen LogP contribution in [0.4, 0.5) is 0 Å². The van der Waals surface area contributed by atoms with E-state index in [4.69, 9.17) is 10.2 Å². The fourth-order valence-corrected chi connectivity index (χ4v) is 2.33. The van der Waals surface area contributed by atoms with Gasteiger partial charge in [0, 0.05) is 10.8 Å². The van der Waals surface area contributed by atoms with E-state index in [1.807, 2.05) is 36.6 Å². The number of aromatic nitrogens is 2. The first-order valence-corrected chi connectivity index (χ1v) is 6.11. The van der Waals surface area contributed by atoms with Gasteiger partial charge in [-0.2, -0.15) is 0 Å². The van der Waals surface area contributed by atoms with E-state index in [9.17, 15) is 0 Å². The maximum absolute atomic E-state index is 6.09. The molecule has 5 heteroatoms. The van der Waals surface area contributed by atoms with Crippen LogP contribution >= 0.6 is 11.5 Å². The summed E-state index contributed by atoms with van der Waals surface area (Å²) in [5.41, 5.74) is 8.83. The minimum Gasteiger partial charge on any atom is -0.459 e. The molecule has 3 rings (SSSR count). The van der Waals surface area contributed by atoms with Crippen LogP contribution in [-0.2, 0) is 0 Å². The number of hydrogen-bond donors (Lipinski definition) is 1. The third-order valence-electron chi connectivity index (χ3n) is 2.76. The summed E-state index contributed by atoms with van der Waals surface area (Å²) in [6, 6.07) is 7.66. The molecular weight excluding hydrogens is 234 g/mol. The Balaban J connectivity index is 2.10. The molecule has 1 atom stereocenters. The Hall–Kier alpha value is -1.72. The van der Waals surface area contributed by atoms with Gasteiger partial charge in [-0.15, -0.1) is 5.10 Å². The Morgan fingerprint density at radius 2 is 2.29 bits per heavy atom. The van der Waals surface area contributed by atoms with Crippen LogP contribution < -0.4 is 5.73 Å². The van der Waals surface area contributed by atoms with E-state index in [-0.39, 0.29) is 6.04 Å². The molecule has 0 fully saturated rings. The Kier molecular flexibility index (Phi) is 2.42. The van der Waals surface area contributed by atoms with Gasteiger partial charge in [-0.1, -0.05) is 22.7 Å². The van der Waals surface area contributed by atoms with Gasteiger partial charge in [0.1, 0.15) is 17.4 Å². The lowest BCUT2D eigenvalue weighted by atomic mass is 10.1. The summed E-state index contributed by atoms with van der Waals surface area (Å²) in [4.78, 5) is 0. The van der Waals surface area contributed by atoms with Crippen LogP contribution in [0.25, 0.3) is 11.0 Å². The standard InChI is InChI=1S/C12H11N3OS/c1-7-3-2-4-8-5-10(16-12(7)8)11(13)9-6-17-15-14-9/h2-6,11H,13H2,1H3. The van der Waals surface area contributed by atoms with Gasteiger partial charge in [-0.3, -0.25) is 0 Å². The van der Waals surface area contributed by atoms with Crippen molar-refractivity contribution in [2.75, 3.05) is 0 Å². The number of furan rings is 1. The molecule has 86 valence electrons. The van der Waals surface area contributed by atoms with Crippen LogP contribution in [0.1, 0.15) is 23.1 Å². The van der Waals surface area contributed by atoms with E-state index in [0.29, 0.717) is 0 Å². The minimum absolute atomic E-state index is 0.347. The molecule has 2 heterocycles. The number of hydrogen-bond acceptors (Lipinski definition) is 5. The predicted molar refractivity (Wildman–Crippen MR) is 66.9 cm³/mol. The highest BCUT2D eigenvalue weighted by Gasteiger charge is 2.17. The monoisotopic (exact) mass is 245 g/mol. The molecule has 0 amide bonds. The number of nitrogens with zero attached hydrogens (tertiary/aromatic N) is 2. The fraction of sp³-hybridized carbons (Fsp3) is 0.167. The van der Waals surface area contributed by atoms with E-state index in [2.05, 4.69) is 9.59 Å². The van der Waals surface area contributed by atoms with Crippen molar-refractivity contribution < 1.29 is 4.42 Å². The Labute approximate surface area is 102 Å². The van der Waals surface area contributed by atoms with E-state index in [1.54, 1.807) is 0 Å². The molecular formula is C12H11N3OS. The van der Waals surface area contributed by atoms with E-state index >= 15 is 0 Å². The Morgan fingerprint density at radius 3 is 3.00 bits per heavy atom. The van der Waals surface area contributed by atoms with Crippen molar-refractivity contribution in [2.24, 2.45) is 5.73 Å². The van der Waals surface area contributed by atoms with Crippen molar-refractivity contribution in [1.29, 1.82) is 0 Å². The van der Waals surface area contributed by atoms with E-state index in [0.717, 1.165) is 28.0 Å². The molecule has 1 aromatic carbocycles. The molecule has 0 radical (unpaired) electrons. The number of rotatable bonds is 2. The third kappa shape index (κ3) is 1.73. The van der Waals surface area contributed by atoms with Crippen molar-refractivity contribution in [3.05, 3.63) is 46.7 Å². The summed E-state index contributed by atoms with van der Waals surface area (Å²) in [7, 11) is 0. The minimum atomic E-state index is -0.347. The zero-order chi connectivity index (χ0) is 11.8. The van der Waals surface area contributed by atoms with Crippen molar-refractivity contribution in [1.82, 2.24) is 9.59 Å². The van der Waals surface area contributed by atoms with Crippen molar-refractivity contribution in [3.63, 3.8) is 0 Å². The predicted octanol–water partition coefficient (Wildman–Crippen LogP) is 2.64. The molecule has 1 unspecified atom stereocenters. The lowest BCUT2D eigenvalue weighted by molar-refractivity contribution is 0.519. The zero-order valence-corrected chi connectivity index (χ0v) is 10.1. The molecule has 17 heavy (non-hydrogen) atoms. The SMILES string of the molecule is Cc1cccc2cc(C(N)c3csnn3)oc12. The number of aryl methyl sites for hydroxylation is 1. The topological polar surface area (TPSA) is 64.9 Å². The lowest BCUT2D eigenvalue weighted by Crippen LogP contribution is -2.11. The first kappa shape index (κ1) is 10.4. The maximum atomic E-state index is 6.09. The quantitative estimate of drug-likeness (QED) is 0.753. The molecule has 0 aliphatic heterocycles. The smallest absolute Gasteiger partial charge is 0.137 e. The van der Waals surface area contributed by atoms with Gasteiger partial charge < -0.3 is 10.2 Å². The van der Waals surface area contributed by atoms with Crippen LogP contribution in [0.3, 0.4) is 0 Å². The summed E-state index contributed by atoms with van der Waals surface area (Å²) < 4.78 is 9.61. The van der Waals surface area contributed by atoms with Gasteiger partial charge in [0.2, 0.25) is 0 Å². The zero-order valence-electron chi connectivity index (χ0n) is 9.25. The summed E-state index contributed by atoms with van der Waals surface area (Å²) in [6.45, 7) is 2.02. The highest BCUT2D eigenvalue weighted by Crippen LogP contribution is 2.27. The Bertz CT molecular complexity index is 645. The number of para-hydroxylation sites is 1. The van der Waals surface area contributed by atoms with Gasteiger partial charge in [0.05, 0.1) is 5.69 Å². The van der Waals surface area contributed by atoms with E-state index in [1.165, 1.54) is 11.5 Å². The second kappa shape index (κ2) is 3.94. The fourth-order valence-electron chi connectivity index (χ4n) is 1.84. The van der Waals surface area contributed by atoms with Crippen molar-refractivity contribution in [2.45, 2.75) is 13.0 Å². The van der Waals surface area contributed by atoms with Gasteiger partial charge >= 0.3 is 0 Å². The lowest BCUT2D eigenvalue weighted by Gasteiger charge is -2.02. The molecule has 3 aromatic rings. The summed E-state index contributed by atoms with van der Waals surface area (Å²) in [6.07, 6.45) is 0. The molecule has 2 N–H and O–H groups in total. The molecule has 0 saturated heterocycles. The van der Waals surface area contributed by atoms with Crippen LogP contribution in [-0.4, -0.2) is 9.59 Å². The second-order valence-corrected chi connectivity index (χ2v) is 4.56. The summed E-state index contributed by atoms with van der Waals surface area (Å²) >= 11 is 1.29. The van der Waals surface area contributed by atoms with Gasteiger partial charge in [-0.25, -0.2) is 0 Å². The Morgan fingerprint density at radius 1 is 1.41 bits per heavy atom. The molecule has 0 aliphatic carbocycles. The average Bonchev–Trinajstić information content (AvgIpc) is 2.98. The molecule has 2 aromatic heterocycles. The van der Waals surface area contributed by atoms with Crippen LogP contribution in [0.15, 0.2) is 34.1 Å². The first-order chi connectivity index (χ1) is 8.25. The summed E-state index contributed by atoms with van der Waals surface area (Å²) in [5.74, 6) is 0.724. The average molecular weight is 245 g/mol. The van der Waals surface area contributed by atoms with Gasteiger partial charge in [0.15, 0.2) is 0 Å². The third-order valence-corrected chi connectivity index (χ3v) is 3.28. The van der Waals surface area contributed by atoms with Crippen molar-refractivity contribution in [3.8, 4) is 0 Å². The van der Waals surface area contributed by atoms with Crippen LogP contribution in [0.5, 0.6) is 0 Å². The van der Waals surface area contributed by atoms with Crippen LogP contribution in [0, 0.1) is 6.92 Å². The van der Waals surface area contributed by atoms with Crippen molar-refractivity contribution >= 4 is 22.5 Å². The van der Waals surface area contributed by atoms with Gasteiger partial charge in [0.25, 0.3) is 0 Å². The highest BCUT2D eigenvalue weighted by molar-refractivity contribution is 7.03. The largest absolute Gasteiger partial charge is 0.459 e. The molecule has 0 bridgehead atoms. The number of nitrogens with two attached hydrogens (primary N) is 1. The molecule has 0 spiro atoms. The van der Waals surface area contributed by atoms with Gasteiger partial charge in [-0.05, 0) is 30.1 Å². The second-order valence-electron chi connectivity index (χ2n) is 3.95. The number of benzene rings is 1. The first-order valence-electron chi connectivity index (χ1n) is 5.27. The number of fused-ring (bicyclic) bond motifs is 1. The summed E-state index contributed by atoms with van der Waals surface area (Å²) in [5, 5.41) is 6.87. The highest BCUT2D eigenvalue weighted by atomic mass is 32.1. The van der Waals surface area contributed by atoms with E-state index < -0.39 is 0 Å². The molecule has 0 saturated carbocycles. The molecule has 0 aliphatic rings. The molecule has 4 nitrogen and oxygen atoms in total. The maximum Gasteiger partial charge on any atom is 0.137 e. The van der Waals surface area contributed by atoms with Crippen LogP contribution in [0.2, 0.25) is 0 Å².